The van der Waals surface area contributed by atoms with Gasteiger partial charge in [-0.2, -0.15) is 0 Å². The van der Waals surface area contributed by atoms with Crippen molar-refractivity contribution in [3.05, 3.63) is 51.1 Å². The molecule has 0 amide bonds. The van der Waals surface area contributed by atoms with Gasteiger partial charge in [0.2, 0.25) is 0 Å². The Labute approximate surface area is 120 Å². The molecule has 3 aromatic rings. The lowest BCUT2D eigenvalue weighted by molar-refractivity contribution is 0.494. The Morgan fingerprint density at radius 3 is 2.89 bits per heavy atom. The van der Waals surface area contributed by atoms with Crippen molar-refractivity contribution in [1.29, 1.82) is 0 Å². The molecule has 0 saturated carbocycles. The predicted molar refractivity (Wildman–Crippen MR) is 79.0 cm³/mol. The molecule has 3 rings (SSSR count). The van der Waals surface area contributed by atoms with Crippen LogP contribution in [0.4, 0.5) is 0 Å². The molecule has 0 saturated heterocycles. The fourth-order valence-electron chi connectivity index (χ4n) is 2.17. The van der Waals surface area contributed by atoms with Crippen molar-refractivity contribution in [2.75, 3.05) is 7.05 Å². The van der Waals surface area contributed by atoms with Crippen LogP contribution in [0.1, 0.15) is 22.4 Å². The van der Waals surface area contributed by atoms with Crippen LogP contribution in [0.25, 0.3) is 11.0 Å². The van der Waals surface area contributed by atoms with Crippen LogP contribution in [0.15, 0.2) is 34.2 Å². The van der Waals surface area contributed by atoms with Crippen LogP contribution in [0, 0.1) is 6.92 Å². The SMILES string of the molecule is CNC(c1cc2cc(Cl)ccc2o1)c1scnc1C. The average Bonchev–Trinajstić information content (AvgIpc) is 2.97. The highest BCUT2D eigenvalue weighted by Crippen LogP contribution is 2.32. The van der Waals surface area contributed by atoms with Crippen molar-refractivity contribution in [2.24, 2.45) is 0 Å². The Balaban J connectivity index is 2.09. The molecular formula is C14H13ClN2OS. The van der Waals surface area contributed by atoms with Gasteiger partial charge in [-0.1, -0.05) is 11.6 Å². The molecule has 2 heterocycles. The summed E-state index contributed by atoms with van der Waals surface area (Å²) in [5.74, 6) is 0.882. The van der Waals surface area contributed by atoms with E-state index in [1.54, 1.807) is 11.3 Å². The first-order chi connectivity index (χ1) is 9.19. The Morgan fingerprint density at radius 1 is 1.37 bits per heavy atom. The lowest BCUT2D eigenvalue weighted by Crippen LogP contribution is -2.16. The lowest BCUT2D eigenvalue weighted by Gasteiger charge is -2.11. The molecule has 3 nitrogen and oxygen atoms in total. The van der Waals surface area contributed by atoms with Gasteiger partial charge in [0, 0.05) is 10.4 Å². The van der Waals surface area contributed by atoms with E-state index in [1.165, 1.54) is 4.88 Å². The molecule has 98 valence electrons. The minimum atomic E-state index is 0.0266. The first-order valence-corrected chi connectivity index (χ1v) is 7.21. The highest BCUT2D eigenvalue weighted by atomic mass is 35.5. The fourth-order valence-corrected chi connectivity index (χ4v) is 3.27. The quantitative estimate of drug-likeness (QED) is 0.788. The first kappa shape index (κ1) is 12.7. The summed E-state index contributed by atoms with van der Waals surface area (Å²) in [7, 11) is 1.92. The largest absolute Gasteiger partial charge is 0.459 e. The monoisotopic (exact) mass is 292 g/mol. The van der Waals surface area contributed by atoms with Crippen molar-refractivity contribution in [2.45, 2.75) is 13.0 Å². The van der Waals surface area contributed by atoms with Gasteiger partial charge < -0.3 is 9.73 Å². The van der Waals surface area contributed by atoms with Gasteiger partial charge in [0.15, 0.2) is 0 Å². The van der Waals surface area contributed by atoms with Crippen molar-refractivity contribution < 1.29 is 4.42 Å². The minimum Gasteiger partial charge on any atom is -0.459 e. The van der Waals surface area contributed by atoms with Crippen LogP contribution >= 0.6 is 22.9 Å². The van der Waals surface area contributed by atoms with Crippen molar-refractivity contribution in [3.8, 4) is 0 Å². The molecular weight excluding hydrogens is 280 g/mol. The van der Waals surface area contributed by atoms with E-state index >= 15 is 0 Å². The topological polar surface area (TPSA) is 38.1 Å². The van der Waals surface area contributed by atoms with Crippen molar-refractivity contribution in [3.63, 3.8) is 0 Å². The number of fused-ring (bicyclic) bond motifs is 1. The molecule has 0 aliphatic rings. The summed E-state index contributed by atoms with van der Waals surface area (Å²) in [4.78, 5) is 5.47. The van der Waals surface area contributed by atoms with Crippen molar-refractivity contribution in [1.82, 2.24) is 10.3 Å². The molecule has 19 heavy (non-hydrogen) atoms. The number of aryl methyl sites for hydroxylation is 1. The number of hydrogen-bond donors (Lipinski definition) is 1. The molecule has 0 spiro atoms. The van der Waals surface area contributed by atoms with Gasteiger partial charge in [0.25, 0.3) is 0 Å². The zero-order valence-corrected chi connectivity index (χ0v) is 12.2. The van der Waals surface area contributed by atoms with Crippen LogP contribution in [0.5, 0.6) is 0 Å². The van der Waals surface area contributed by atoms with Gasteiger partial charge in [-0.25, -0.2) is 4.98 Å². The van der Waals surface area contributed by atoms with Crippen LogP contribution in [0.2, 0.25) is 5.02 Å². The van der Waals surface area contributed by atoms with Crippen LogP contribution < -0.4 is 5.32 Å². The van der Waals surface area contributed by atoms with Gasteiger partial charge in [-0.3, -0.25) is 0 Å². The van der Waals surface area contributed by atoms with E-state index in [-0.39, 0.29) is 6.04 Å². The number of benzene rings is 1. The third-order valence-corrected chi connectivity index (χ3v) is 4.35. The number of aromatic nitrogens is 1. The molecule has 1 atom stereocenters. The zero-order chi connectivity index (χ0) is 13.4. The first-order valence-electron chi connectivity index (χ1n) is 5.95. The van der Waals surface area contributed by atoms with E-state index in [0.717, 1.165) is 27.4 Å². The third kappa shape index (κ3) is 2.27. The number of halogens is 1. The zero-order valence-electron chi connectivity index (χ0n) is 10.6. The van der Waals surface area contributed by atoms with Gasteiger partial charge in [0.05, 0.1) is 16.1 Å². The molecule has 1 N–H and O–H groups in total. The second kappa shape index (κ2) is 4.96. The number of nitrogens with one attached hydrogen (secondary N) is 1. The fraction of sp³-hybridized carbons (Fsp3) is 0.214. The standard InChI is InChI=1S/C14H13ClN2OS/c1-8-14(19-7-17-8)13(16-2)12-6-9-5-10(15)3-4-11(9)18-12/h3-7,13,16H,1-2H3. The van der Waals surface area contributed by atoms with Gasteiger partial charge in [-0.05, 0) is 38.2 Å². The van der Waals surface area contributed by atoms with E-state index in [1.807, 2.05) is 43.7 Å². The van der Waals surface area contributed by atoms with Crippen LogP contribution in [0.3, 0.4) is 0 Å². The second-order valence-electron chi connectivity index (χ2n) is 4.35. The van der Waals surface area contributed by atoms with E-state index in [2.05, 4.69) is 10.3 Å². The maximum absolute atomic E-state index is 6.00. The molecule has 0 aliphatic heterocycles. The lowest BCUT2D eigenvalue weighted by atomic mass is 10.1. The number of thiazole rings is 1. The molecule has 0 fully saturated rings. The predicted octanol–water partition coefficient (Wildman–Crippen LogP) is 4.16. The Morgan fingerprint density at radius 2 is 2.21 bits per heavy atom. The Hall–Kier alpha value is -1.36. The number of rotatable bonds is 3. The molecule has 1 aromatic carbocycles. The highest BCUT2D eigenvalue weighted by molar-refractivity contribution is 7.09. The summed E-state index contributed by atoms with van der Waals surface area (Å²) in [5.41, 5.74) is 3.73. The van der Waals surface area contributed by atoms with Crippen molar-refractivity contribution >= 4 is 33.9 Å². The average molecular weight is 293 g/mol. The molecule has 5 heteroatoms. The Bertz CT molecular complexity index is 719. The maximum atomic E-state index is 6.00. The van der Waals surface area contributed by atoms with Gasteiger partial charge in [0.1, 0.15) is 17.4 Å². The highest BCUT2D eigenvalue weighted by Gasteiger charge is 2.20. The molecule has 0 radical (unpaired) electrons. The van der Waals surface area contributed by atoms with Crippen LogP contribution in [-0.2, 0) is 0 Å². The summed E-state index contributed by atoms with van der Waals surface area (Å²) in [6.07, 6.45) is 0. The third-order valence-electron chi connectivity index (χ3n) is 3.12. The smallest absolute Gasteiger partial charge is 0.134 e. The van der Waals surface area contributed by atoms with Gasteiger partial charge >= 0.3 is 0 Å². The molecule has 1 unspecified atom stereocenters. The number of furan rings is 1. The molecule has 0 bridgehead atoms. The van der Waals surface area contributed by atoms with E-state index in [0.29, 0.717) is 0 Å². The summed E-state index contributed by atoms with van der Waals surface area (Å²) in [5, 5.41) is 5.02. The number of nitrogens with zero attached hydrogens (tertiary/aromatic N) is 1. The van der Waals surface area contributed by atoms with E-state index in [4.69, 9.17) is 16.0 Å². The molecule has 0 aliphatic carbocycles. The summed E-state index contributed by atoms with van der Waals surface area (Å²) in [6, 6.07) is 7.70. The Kier molecular flexibility index (Phi) is 3.31. The summed E-state index contributed by atoms with van der Waals surface area (Å²) < 4.78 is 5.91. The summed E-state index contributed by atoms with van der Waals surface area (Å²) in [6.45, 7) is 2.01. The maximum Gasteiger partial charge on any atom is 0.134 e. The van der Waals surface area contributed by atoms with Gasteiger partial charge in [-0.15, -0.1) is 11.3 Å². The second-order valence-corrected chi connectivity index (χ2v) is 5.68. The normalized spacial score (nSPS) is 13.0. The molecule has 2 aromatic heterocycles. The summed E-state index contributed by atoms with van der Waals surface area (Å²) >= 11 is 7.63. The minimum absolute atomic E-state index is 0.0266. The number of hydrogen-bond acceptors (Lipinski definition) is 4. The van der Waals surface area contributed by atoms with Crippen LogP contribution in [-0.4, -0.2) is 12.0 Å². The van der Waals surface area contributed by atoms with E-state index in [9.17, 15) is 0 Å². The van der Waals surface area contributed by atoms with E-state index < -0.39 is 0 Å².